The second-order valence-corrected chi connectivity index (χ2v) is 5.52. The van der Waals surface area contributed by atoms with E-state index in [1.807, 2.05) is 25.7 Å². The molecule has 1 unspecified atom stereocenters. The van der Waals surface area contributed by atoms with Crippen LogP contribution in [0.5, 0.6) is 0 Å². The van der Waals surface area contributed by atoms with E-state index in [1.165, 1.54) is 12.1 Å². The molecular weight excluding hydrogens is 245 g/mol. The minimum absolute atomic E-state index is 0.125. The van der Waals surface area contributed by atoms with Crippen molar-refractivity contribution >= 4 is 5.91 Å². The zero-order valence-electron chi connectivity index (χ0n) is 11.6. The SMILES string of the molecule is CCC(=O)N1CC(c2ccc(F)cc2)OCC1(C)C. The summed E-state index contributed by atoms with van der Waals surface area (Å²) in [5, 5.41) is 0. The molecule has 0 spiro atoms. The predicted octanol–water partition coefficient (Wildman–Crippen LogP) is 2.91. The number of halogens is 1. The third-order valence-electron chi connectivity index (χ3n) is 3.56. The molecule has 1 fully saturated rings. The van der Waals surface area contributed by atoms with Crippen LogP contribution in [-0.4, -0.2) is 29.5 Å². The molecule has 3 nitrogen and oxygen atoms in total. The van der Waals surface area contributed by atoms with E-state index in [0.29, 0.717) is 19.6 Å². The van der Waals surface area contributed by atoms with Gasteiger partial charge in [-0.05, 0) is 31.5 Å². The van der Waals surface area contributed by atoms with Gasteiger partial charge < -0.3 is 9.64 Å². The van der Waals surface area contributed by atoms with Gasteiger partial charge in [0.2, 0.25) is 5.91 Å². The molecule has 0 saturated carbocycles. The standard InChI is InChI=1S/C15H20FNO2/c1-4-14(18)17-9-13(19-10-15(17,2)3)11-5-7-12(16)8-6-11/h5-8,13H,4,9-10H2,1-3H3. The zero-order valence-corrected chi connectivity index (χ0v) is 11.6. The predicted molar refractivity (Wildman–Crippen MR) is 71.2 cm³/mol. The highest BCUT2D eigenvalue weighted by molar-refractivity contribution is 5.76. The molecule has 0 aliphatic carbocycles. The Morgan fingerprint density at radius 3 is 2.63 bits per heavy atom. The van der Waals surface area contributed by atoms with Crippen molar-refractivity contribution in [1.82, 2.24) is 4.90 Å². The molecule has 0 bridgehead atoms. The van der Waals surface area contributed by atoms with Gasteiger partial charge in [-0.1, -0.05) is 19.1 Å². The molecule has 1 aromatic rings. The van der Waals surface area contributed by atoms with Gasteiger partial charge in [-0.15, -0.1) is 0 Å². The quantitative estimate of drug-likeness (QED) is 0.823. The van der Waals surface area contributed by atoms with Crippen LogP contribution in [0.15, 0.2) is 24.3 Å². The third-order valence-corrected chi connectivity index (χ3v) is 3.56. The minimum Gasteiger partial charge on any atom is -0.369 e. The fraction of sp³-hybridized carbons (Fsp3) is 0.533. The Labute approximate surface area is 113 Å². The van der Waals surface area contributed by atoms with Crippen molar-refractivity contribution in [3.63, 3.8) is 0 Å². The average Bonchev–Trinajstić information content (AvgIpc) is 2.39. The van der Waals surface area contributed by atoms with Crippen molar-refractivity contribution in [3.05, 3.63) is 35.6 Å². The minimum atomic E-state index is -0.288. The van der Waals surface area contributed by atoms with Gasteiger partial charge in [-0.25, -0.2) is 4.39 Å². The van der Waals surface area contributed by atoms with E-state index in [0.717, 1.165) is 5.56 Å². The van der Waals surface area contributed by atoms with Gasteiger partial charge in [0.15, 0.2) is 0 Å². The summed E-state index contributed by atoms with van der Waals surface area (Å²) >= 11 is 0. The van der Waals surface area contributed by atoms with E-state index in [2.05, 4.69) is 0 Å². The van der Waals surface area contributed by atoms with E-state index in [1.54, 1.807) is 12.1 Å². The van der Waals surface area contributed by atoms with E-state index in [-0.39, 0.29) is 23.4 Å². The smallest absolute Gasteiger partial charge is 0.222 e. The van der Waals surface area contributed by atoms with Gasteiger partial charge in [0.05, 0.1) is 18.7 Å². The molecule has 104 valence electrons. The maximum absolute atomic E-state index is 12.9. The largest absolute Gasteiger partial charge is 0.369 e. The first-order chi connectivity index (χ1) is 8.94. The highest BCUT2D eigenvalue weighted by Gasteiger charge is 2.37. The molecule has 1 atom stereocenters. The number of carbonyl (C=O) groups excluding carboxylic acids is 1. The van der Waals surface area contributed by atoms with Crippen molar-refractivity contribution in [1.29, 1.82) is 0 Å². The second-order valence-electron chi connectivity index (χ2n) is 5.52. The van der Waals surface area contributed by atoms with Crippen LogP contribution in [0.2, 0.25) is 0 Å². The Hall–Kier alpha value is -1.42. The summed E-state index contributed by atoms with van der Waals surface area (Å²) < 4.78 is 18.8. The maximum Gasteiger partial charge on any atom is 0.222 e. The zero-order chi connectivity index (χ0) is 14.0. The number of hydrogen-bond donors (Lipinski definition) is 0. The third kappa shape index (κ3) is 2.95. The molecule has 19 heavy (non-hydrogen) atoms. The van der Waals surface area contributed by atoms with Gasteiger partial charge in [0, 0.05) is 6.42 Å². The van der Waals surface area contributed by atoms with Gasteiger partial charge in [-0.2, -0.15) is 0 Å². The van der Waals surface area contributed by atoms with E-state index in [4.69, 9.17) is 4.74 Å². The highest BCUT2D eigenvalue weighted by Crippen LogP contribution is 2.30. The number of nitrogens with zero attached hydrogens (tertiary/aromatic N) is 1. The number of rotatable bonds is 2. The lowest BCUT2D eigenvalue weighted by Gasteiger charge is -2.45. The summed E-state index contributed by atoms with van der Waals surface area (Å²) in [6, 6.07) is 6.27. The van der Waals surface area contributed by atoms with Crippen LogP contribution in [0, 0.1) is 5.82 Å². The number of amides is 1. The lowest BCUT2D eigenvalue weighted by Crippen LogP contribution is -2.56. The molecule has 1 saturated heterocycles. The van der Waals surface area contributed by atoms with Crippen LogP contribution in [0.4, 0.5) is 4.39 Å². The van der Waals surface area contributed by atoms with E-state index in [9.17, 15) is 9.18 Å². The summed E-state index contributed by atoms with van der Waals surface area (Å²) in [6.45, 7) is 6.87. The van der Waals surface area contributed by atoms with Crippen molar-refractivity contribution in [2.75, 3.05) is 13.2 Å². The lowest BCUT2D eigenvalue weighted by molar-refractivity contribution is -0.154. The molecule has 1 aliphatic rings. The molecule has 1 aromatic carbocycles. The van der Waals surface area contributed by atoms with Crippen LogP contribution in [0.3, 0.4) is 0 Å². The summed E-state index contributed by atoms with van der Waals surface area (Å²) in [5.74, 6) is -0.137. The van der Waals surface area contributed by atoms with E-state index < -0.39 is 0 Å². The number of benzene rings is 1. The van der Waals surface area contributed by atoms with Crippen molar-refractivity contribution in [3.8, 4) is 0 Å². The molecule has 1 heterocycles. The van der Waals surface area contributed by atoms with Gasteiger partial charge in [0.25, 0.3) is 0 Å². The summed E-state index contributed by atoms with van der Waals surface area (Å²) in [7, 11) is 0. The summed E-state index contributed by atoms with van der Waals surface area (Å²) in [5.41, 5.74) is 0.620. The molecule has 4 heteroatoms. The lowest BCUT2D eigenvalue weighted by atomic mass is 9.97. The molecular formula is C15H20FNO2. The van der Waals surface area contributed by atoms with Crippen LogP contribution in [-0.2, 0) is 9.53 Å². The Bertz CT molecular complexity index is 456. The highest BCUT2D eigenvalue weighted by atomic mass is 19.1. The number of ether oxygens (including phenoxy) is 1. The maximum atomic E-state index is 12.9. The van der Waals surface area contributed by atoms with E-state index >= 15 is 0 Å². The monoisotopic (exact) mass is 265 g/mol. The summed E-state index contributed by atoms with van der Waals surface area (Å²) in [6.07, 6.45) is 0.309. The van der Waals surface area contributed by atoms with Crippen molar-refractivity contribution in [2.24, 2.45) is 0 Å². The van der Waals surface area contributed by atoms with Gasteiger partial charge in [-0.3, -0.25) is 4.79 Å². The van der Waals surface area contributed by atoms with Gasteiger partial charge in [0.1, 0.15) is 11.9 Å². The molecule has 2 rings (SSSR count). The number of hydrogen-bond acceptors (Lipinski definition) is 2. The van der Waals surface area contributed by atoms with Crippen LogP contribution in [0.1, 0.15) is 38.9 Å². The fourth-order valence-electron chi connectivity index (χ4n) is 2.36. The molecule has 1 amide bonds. The molecule has 0 radical (unpaired) electrons. The summed E-state index contributed by atoms with van der Waals surface area (Å²) in [4.78, 5) is 13.9. The Morgan fingerprint density at radius 2 is 2.05 bits per heavy atom. The molecule has 0 N–H and O–H groups in total. The first-order valence-corrected chi connectivity index (χ1v) is 6.61. The Kier molecular flexibility index (Phi) is 3.90. The average molecular weight is 265 g/mol. The van der Waals surface area contributed by atoms with Gasteiger partial charge >= 0.3 is 0 Å². The first kappa shape index (κ1) is 14.0. The van der Waals surface area contributed by atoms with Crippen LogP contribution < -0.4 is 0 Å². The van der Waals surface area contributed by atoms with Crippen molar-refractivity contribution < 1.29 is 13.9 Å². The van der Waals surface area contributed by atoms with Crippen LogP contribution in [0.25, 0.3) is 0 Å². The topological polar surface area (TPSA) is 29.5 Å². The fourth-order valence-corrected chi connectivity index (χ4v) is 2.36. The number of carbonyl (C=O) groups is 1. The Balaban J connectivity index is 2.18. The molecule has 0 aromatic heterocycles. The first-order valence-electron chi connectivity index (χ1n) is 6.61. The number of morpholine rings is 1. The van der Waals surface area contributed by atoms with Crippen LogP contribution >= 0.6 is 0 Å². The molecule has 1 aliphatic heterocycles. The normalized spacial score (nSPS) is 22.3. The second kappa shape index (κ2) is 5.29. The Morgan fingerprint density at radius 1 is 1.42 bits per heavy atom. The van der Waals surface area contributed by atoms with Crippen molar-refractivity contribution in [2.45, 2.75) is 38.8 Å².